The fourth-order valence-electron chi connectivity index (χ4n) is 5.49. The van der Waals surface area contributed by atoms with Crippen LogP contribution in [-0.2, 0) is 6.42 Å². The van der Waals surface area contributed by atoms with E-state index < -0.39 is 0 Å². The lowest BCUT2D eigenvalue weighted by Crippen LogP contribution is -2.41. The van der Waals surface area contributed by atoms with Gasteiger partial charge in [-0.1, -0.05) is 43.2 Å². The molecular weight excluding hydrogens is 398 g/mol. The molecule has 1 aliphatic heterocycles. The highest BCUT2D eigenvalue weighted by Gasteiger charge is 2.34. The number of aliphatic hydroxyl groups is 1. The molecule has 2 heterocycles. The molecule has 5 heteroatoms. The predicted octanol–water partition coefficient (Wildman–Crippen LogP) is 5.15. The van der Waals surface area contributed by atoms with E-state index in [1.165, 1.54) is 17.6 Å². The van der Waals surface area contributed by atoms with Gasteiger partial charge in [0.25, 0.3) is 0 Å². The first kappa shape index (κ1) is 23.2. The molecule has 0 amide bonds. The number of piperidine rings is 1. The van der Waals surface area contributed by atoms with E-state index in [0.717, 1.165) is 50.4 Å². The predicted molar refractivity (Wildman–Crippen MR) is 128 cm³/mol. The fraction of sp³-hybridized carbons (Fsp3) is 0.630. The molecule has 2 aromatic rings. The van der Waals surface area contributed by atoms with Crippen LogP contribution in [0.4, 0.5) is 0 Å². The van der Waals surface area contributed by atoms with E-state index in [1.807, 2.05) is 12.1 Å². The lowest BCUT2D eigenvalue weighted by molar-refractivity contribution is 0.103. The van der Waals surface area contributed by atoms with Gasteiger partial charge in [-0.15, -0.1) is 10.2 Å². The van der Waals surface area contributed by atoms with Crippen molar-refractivity contribution in [2.45, 2.75) is 53.4 Å². The van der Waals surface area contributed by atoms with Crippen molar-refractivity contribution < 1.29 is 9.52 Å². The molecule has 1 N–H and O–H groups in total. The number of hydrogen-bond donors (Lipinski definition) is 1. The highest BCUT2D eigenvalue weighted by Crippen LogP contribution is 2.39. The standard InChI is InChI=1S/C27H39N3O2/c1-18(2)25-14-23(15-26-28-29-27(32-26)22-7-5-19(3)6-8-22)20(4)13-24(25)16-30-11-9-21(17-31)10-12-30/h5-8,13,18,21,23-25,31H,9-12,14-17H2,1-4H3/t23-,24-,25-/m0/s1. The molecule has 0 spiro atoms. The molecule has 5 nitrogen and oxygen atoms in total. The van der Waals surface area contributed by atoms with Gasteiger partial charge < -0.3 is 14.4 Å². The van der Waals surface area contributed by atoms with Gasteiger partial charge >= 0.3 is 0 Å². The van der Waals surface area contributed by atoms with Gasteiger partial charge in [0.1, 0.15) is 0 Å². The highest BCUT2D eigenvalue weighted by molar-refractivity contribution is 5.52. The minimum Gasteiger partial charge on any atom is -0.421 e. The summed E-state index contributed by atoms with van der Waals surface area (Å²) in [4.78, 5) is 2.61. The summed E-state index contributed by atoms with van der Waals surface area (Å²) in [6.45, 7) is 12.8. The lowest BCUT2D eigenvalue weighted by atomic mass is 9.69. The summed E-state index contributed by atoms with van der Waals surface area (Å²) in [6.07, 6.45) is 6.79. The SMILES string of the molecule is CC1=C[C@@H](CN2CCC(CO)CC2)[C@H](C(C)C)C[C@H]1Cc1nnc(-c2ccc(C)cc2)o1. The lowest BCUT2D eigenvalue weighted by Gasteiger charge is -2.40. The van der Waals surface area contributed by atoms with E-state index in [1.54, 1.807) is 0 Å². The summed E-state index contributed by atoms with van der Waals surface area (Å²) in [7, 11) is 0. The van der Waals surface area contributed by atoms with Crippen molar-refractivity contribution in [1.82, 2.24) is 15.1 Å². The van der Waals surface area contributed by atoms with Crippen LogP contribution in [0, 0.1) is 36.5 Å². The van der Waals surface area contributed by atoms with Crippen LogP contribution in [0.1, 0.15) is 51.5 Å². The van der Waals surface area contributed by atoms with E-state index in [-0.39, 0.29) is 0 Å². The minimum absolute atomic E-state index is 0.341. The van der Waals surface area contributed by atoms with Crippen LogP contribution >= 0.6 is 0 Å². The van der Waals surface area contributed by atoms with E-state index in [2.05, 4.69) is 61.0 Å². The first-order chi connectivity index (χ1) is 15.4. The van der Waals surface area contributed by atoms with Gasteiger partial charge in [-0.3, -0.25) is 0 Å². The van der Waals surface area contributed by atoms with Crippen LogP contribution in [0.5, 0.6) is 0 Å². The molecule has 1 aliphatic carbocycles. The molecule has 32 heavy (non-hydrogen) atoms. The number of allylic oxidation sites excluding steroid dienone is 1. The molecule has 4 rings (SSSR count). The Labute approximate surface area is 192 Å². The van der Waals surface area contributed by atoms with Crippen molar-refractivity contribution in [2.24, 2.45) is 29.6 Å². The molecule has 1 fully saturated rings. The molecule has 0 bridgehead atoms. The van der Waals surface area contributed by atoms with Crippen LogP contribution < -0.4 is 0 Å². The zero-order valence-electron chi connectivity index (χ0n) is 20.1. The number of rotatable bonds is 7. The number of aryl methyl sites for hydroxylation is 1. The third kappa shape index (κ3) is 5.49. The maximum absolute atomic E-state index is 9.43. The van der Waals surface area contributed by atoms with Crippen LogP contribution in [0.2, 0.25) is 0 Å². The van der Waals surface area contributed by atoms with Crippen molar-refractivity contribution in [1.29, 1.82) is 0 Å². The fourth-order valence-corrected chi connectivity index (χ4v) is 5.49. The zero-order chi connectivity index (χ0) is 22.7. The third-order valence-electron chi connectivity index (χ3n) is 7.70. The maximum atomic E-state index is 9.43. The summed E-state index contributed by atoms with van der Waals surface area (Å²) in [6, 6.07) is 8.24. The number of hydrogen-bond acceptors (Lipinski definition) is 5. The Bertz CT molecular complexity index is 894. The Morgan fingerprint density at radius 1 is 1.09 bits per heavy atom. The van der Waals surface area contributed by atoms with Gasteiger partial charge in [-0.25, -0.2) is 0 Å². The van der Waals surface area contributed by atoms with E-state index in [9.17, 15) is 5.11 Å². The van der Waals surface area contributed by atoms with Gasteiger partial charge in [-0.2, -0.15) is 0 Å². The summed E-state index contributed by atoms with van der Waals surface area (Å²) in [5.74, 6) is 4.23. The molecule has 1 aromatic carbocycles. The second kappa shape index (κ2) is 10.3. The maximum Gasteiger partial charge on any atom is 0.247 e. The van der Waals surface area contributed by atoms with Crippen molar-refractivity contribution >= 4 is 0 Å². The Kier molecular flexibility index (Phi) is 7.47. The molecule has 174 valence electrons. The van der Waals surface area contributed by atoms with Gasteiger partial charge in [0.15, 0.2) is 0 Å². The second-order valence-corrected chi connectivity index (χ2v) is 10.4. The molecule has 1 aromatic heterocycles. The third-order valence-corrected chi connectivity index (χ3v) is 7.70. The van der Waals surface area contributed by atoms with Gasteiger partial charge in [-0.05, 0) is 87.9 Å². The molecule has 1 saturated heterocycles. The van der Waals surface area contributed by atoms with E-state index >= 15 is 0 Å². The van der Waals surface area contributed by atoms with Gasteiger partial charge in [0, 0.05) is 25.1 Å². The number of benzene rings is 1. The molecule has 3 atom stereocenters. The van der Waals surface area contributed by atoms with E-state index in [0.29, 0.717) is 42.1 Å². The summed E-state index contributed by atoms with van der Waals surface area (Å²) < 4.78 is 6.05. The first-order valence-corrected chi connectivity index (χ1v) is 12.3. The second-order valence-electron chi connectivity index (χ2n) is 10.4. The van der Waals surface area contributed by atoms with Crippen LogP contribution in [-0.4, -0.2) is 46.4 Å². The monoisotopic (exact) mass is 437 g/mol. The van der Waals surface area contributed by atoms with Crippen LogP contribution in [0.25, 0.3) is 11.5 Å². The van der Waals surface area contributed by atoms with Crippen molar-refractivity contribution in [3.8, 4) is 11.5 Å². The number of likely N-dealkylation sites (tertiary alicyclic amines) is 1. The summed E-state index contributed by atoms with van der Waals surface area (Å²) >= 11 is 0. The van der Waals surface area contributed by atoms with Gasteiger partial charge in [0.2, 0.25) is 11.8 Å². The molecule has 0 saturated carbocycles. The highest BCUT2D eigenvalue weighted by atomic mass is 16.4. The normalized spacial score (nSPS) is 25.3. The molecular formula is C27H39N3O2. The Morgan fingerprint density at radius 2 is 1.81 bits per heavy atom. The number of nitrogens with zero attached hydrogens (tertiary/aromatic N) is 3. The Morgan fingerprint density at radius 3 is 2.47 bits per heavy atom. The van der Waals surface area contributed by atoms with Crippen molar-refractivity contribution in [3.05, 3.63) is 47.4 Å². The number of aromatic nitrogens is 2. The quantitative estimate of drug-likeness (QED) is 0.607. The minimum atomic E-state index is 0.341. The van der Waals surface area contributed by atoms with Gasteiger partial charge in [0.05, 0.1) is 0 Å². The van der Waals surface area contributed by atoms with Crippen LogP contribution in [0.15, 0.2) is 40.3 Å². The zero-order valence-corrected chi connectivity index (χ0v) is 20.1. The Hall–Kier alpha value is -1.98. The van der Waals surface area contributed by atoms with E-state index in [4.69, 9.17) is 4.42 Å². The average Bonchev–Trinajstić information content (AvgIpc) is 3.25. The largest absolute Gasteiger partial charge is 0.421 e. The summed E-state index contributed by atoms with van der Waals surface area (Å²) in [5.41, 5.74) is 3.67. The van der Waals surface area contributed by atoms with Crippen LogP contribution in [0.3, 0.4) is 0 Å². The molecule has 0 radical (unpaired) electrons. The number of aliphatic hydroxyl groups excluding tert-OH is 1. The average molecular weight is 438 g/mol. The first-order valence-electron chi connectivity index (χ1n) is 12.3. The molecule has 0 unspecified atom stereocenters. The molecule has 2 aliphatic rings. The van der Waals surface area contributed by atoms with Crippen molar-refractivity contribution in [3.63, 3.8) is 0 Å². The topological polar surface area (TPSA) is 62.4 Å². The van der Waals surface area contributed by atoms with Crippen molar-refractivity contribution in [2.75, 3.05) is 26.2 Å². The summed E-state index contributed by atoms with van der Waals surface area (Å²) in [5, 5.41) is 18.1. The smallest absolute Gasteiger partial charge is 0.247 e. The Balaban J connectivity index is 1.42.